The summed E-state index contributed by atoms with van der Waals surface area (Å²) < 4.78 is 2.35. The summed E-state index contributed by atoms with van der Waals surface area (Å²) in [4.78, 5) is 9.91. The zero-order valence-corrected chi connectivity index (χ0v) is 13.1. The normalized spacial score (nSPS) is 19.5. The quantitative estimate of drug-likeness (QED) is 0.866. The van der Waals surface area contributed by atoms with Gasteiger partial charge in [-0.05, 0) is 31.5 Å². The van der Waals surface area contributed by atoms with Crippen LogP contribution in [0.5, 0.6) is 0 Å². The lowest BCUT2D eigenvalue weighted by Crippen LogP contribution is -2.33. The molecule has 116 valence electrons. The molecule has 1 aromatic carbocycles. The Kier molecular flexibility index (Phi) is 3.95. The van der Waals surface area contributed by atoms with Crippen molar-refractivity contribution < 1.29 is 0 Å². The fourth-order valence-electron chi connectivity index (χ4n) is 3.58. The SMILES string of the molecule is c1ccc(CN2CCn3cc(CN4CCCC4)nc3C2)cc1. The standard InChI is InChI=1S/C18H24N4/c1-2-6-16(7-3-1)12-21-10-11-22-14-17(19-18(22)15-21)13-20-8-4-5-9-20/h1-3,6-7,14H,4-5,8-13,15H2. The maximum atomic E-state index is 4.89. The van der Waals surface area contributed by atoms with Gasteiger partial charge in [0.2, 0.25) is 0 Å². The molecule has 4 rings (SSSR count). The molecule has 2 aromatic rings. The summed E-state index contributed by atoms with van der Waals surface area (Å²) in [5.74, 6) is 1.23. The molecule has 0 amide bonds. The molecule has 0 N–H and O–H groups in total. The summed E-state index contributed by atoms with van der Waals surface area (Å²) in [5, 5.41) is 0. The average molecular weight is 296 g/mol. The molecule has 0 spiro atoms. The number of rotatable bonds is 4. The topological polar surface area (TPSA) is 24.3 Å². The van der Waals surface area contributed by atoms with Crippen LogP contribution in [0.25, 0.3) is 0 Å². The Morgan fingerprint density at radius 2 is 1.68 bits per heavy atom. The molecule has 1 fully saturated rings. The van der Waals surface area contributed by atoms with Crippen LogP contribution in [0.15, 0.2) is 36.5 Å². The van der Waals surface area contributed by atoms with E-state index in [0.29, 0.717) is 0 Å². The maximum Gasteiger partial charge on any atom is 0.123 e. The van der Waals surface area contributed by atoms with Crippen molar-refractivity contribution in [1.29, 1.82) is 0 Å². The van der Waals surface area contributed by atoms with E-state index >= 15 is 0 Å². The molecule has 0 unspecified atom stereocenters. The van der Waals surface area contributed by atoms with Crippen molar-refractivity contribution in [2.24, 2.45) is 0 Å². The Hall–Kier alpha value is -1.65. The number of imidazole rings is 1. The fraction of sp³-hybridized carbons (Fsp3) is 0.500. The van der Waals surface area contributed by atoms with Crippen LogP contribution in [0.2, 0.25) is 0 Å². The van der Waals surface area contributed by atoms with E-state index in [4.69, 9.17) is 4.98 Å². The third-order valence-corrected chi connectivity index (χ3v) is 4.76. The van der Waals surface area contributed by atoms with E-state index in [0.717, 1.165) is 32.7 Å². The van der Waals surface area contributed by atoms with E-state index in [1.807, 2.05) is 0 Å². The minimum absolute atomic E-state index is 0.967. The van der Waals surface area contributed by atoms with Crippen molar-refractivity contribution in [2.45, 2.75) is 39.0 Å². The highest BCUT2D eigenvalue weighted by Crippen LogP contribution is 2.18. The van der Waals surface area contributed by atoms with Crippen molar-refractivity contribution in [2.75, 3.05) is 19.6 Å². The molecule has 0 aliphatic carbocycles. The zero-order valence-electron chi connectivity index (χ0n) is 13.1. The van der Waals surface area contributed by atoms with Gasteiger partial charge in [0.25, 0.3) is 0 Å². The van der Waals surface area contributed by atoms with Crippen LogP contribution < -0.4 is 0 Å². The summed E-state index contributed by atoms with van der Waals surface area (Å²) in [6.07, 6.45) is 4.96. The van der Waals surface area contributed by atoms with Gasteiger partial charge < -0.3 is 4.57 Å². The predicted molar refractivity (Wildman–Crippen MR) is 87.3 cm³/mol. The number of fused-ring (bicyclic) bond motifs is 1. The molecule has 4 heteroatoms. The van der Waals surface area contributed by atoms with E-state index in [2.05, 4.69) is 50.9 Å². The van der Waals surface area contributed by atoms with E-state index in [-0.39, 0.29) is 0 Å². The molecule has 0 atom stereocenters. The lowest BCUT2D eigenvalue weighted by Gasteiger charge is -2.27. The lowest BCUT2D eigenvalue weighted by molar-refractivity contribution is 0.209. The van der Waals surface area contributed by atoms with E-state index in [1.54, 1.807) is 0 Å². The molecule has 0 saturated carbocycles. The second-order valence-electron chi connectivity index (χ2n) is 6.52. The second kappa shape index (κ2) is 6.23. The Labute approximate surface area is 132 Å². The number of hydrogen-bond donors (Lipinski definition) is 0. The summed E-state index contributed by atoms with van der Waals surface area (Å²) >= 11 is 0. The average Bonchev–Trinajstić information content (AvgIpc) is 3.17. The second-order valence-corrected chi connectivity index (χ2v) is 6.52. The van der Waals surface area contributed by atoms with Gasteiger partial charge in [-0.15, -0.1) is 0 Å². The largest absolute Gasteiger partial charge is 0.332 e. The predicted octanol–water partition coefficient (Wildman–Crippen LogP) is 2.49. The van der Waals surface area contributed by atoms with Gasteiger partial charge in [0.1, 0.15) is 5.82 Å². The first kappa shape index (κ1) is 14.0. The molecule has 2 aliphatic rings. The summed E-state index contributed by atoms with van der Waals surface area (Å²) in [6, 6.07) is 10.7. The zero-order chi connectivity index (χ0) is 14.8. The highest BCUT2D eigenvalue weighted by atomic mass is 15.2. The van der Waals surface area contributed by atoms with E-state index in [1.165, 1.54) is 43.0 Å². The van der Waals surface area contributed by atoms with Crippen molar-refractivity contribution in [3.05, 3.63) is 53.6 Å². The van der Waals surface area contributed by atoms with Crippen molar-refractivity contribution in [1.82, 2.24) is 19.4 Å². The van der Waals surface area contributed by atoms with Crippen LogP contribution in [0.3, 0.4) is 0 Å². The number of likely N-dealkylation sites (tertiary alicyclic amines) is 1. The molecule has 0 bridgehead atoms. The van der Waals surface area contributed by atoms with Crippen LogP contribution in [0, 0.1) is 0 Å². The summed E-state index contributed by atoms with van der Waals surface area (Å²) in [6.45, 7) is 7.67. The van der Waals surface area contributed by atoms with Gasteiger partial charge in [-0.2, -0.15) is 0 Å². The molecule has 4 nitrogen and oxygen atoms in total. The third kappa shape index (κ3) is 3.08. The van der Waals surface area contributed by atoms with Gasteiger partial charge in [-0.1, -0.05) is 30.3 Å². The molecular weight excluding hydrogens is 272 g/mol. The Morgan fingerprint density at radius 3 is 2.50 bits per heavy atom. The van der Waals surface area contributed by atoms with Crippen LogP contribution in [-0.2, 0) is 26.2 Å². The van der Waals surface area contributed by atoms with Gasteiger partial charge in [-0.3, -0.25) is 9.80 Å². The molecule has 0 radical (unpaired) electrons. The number of nitrogens with zero attached hydrogens (tertiary/aromatic N) is 4. The van der Waals surface area contributed by atoms with Crippen LogP contribution in [-0.4, -0.2) is 39.0 Å². The van der Waals surface area contributed by atoms with Gasteiger partial charge in [0, 0.05) is 32.4 Å². The van der Waals surface area contributed by atoms with Crippen molar-refractivity contribution in [3.8, 4) is 0 Å². The molecule has 2 aliphatic heterocycles. The number of aromatic nitrogens is 2. The maximum absolute atomic E-state index is 4.89. The van der Waals surface area contributed by atoms with Crippen LogP contribution in [0.1, 0.15) is 29.9 Å². The van der Waals surface area contributed by atoms with E-state index in [9.17, 15) is 0 Å². The molecule has 22 heavy (non-hydrogen) atoms. The first-order valence-corrected chi connectivity index (χ1v) is 8.40. The van der Waals surface area contributed by atoms with Crippen molar-refractivity contribution >= 4 is 0 Å². The summed E-state index contributed by atoms with van der Waals surface area (Å²) in [5.41, 5.74) is 2.64. The first-order chi connectivity index (χ1) is 10.9. The monoisotopic (exact) mass is 296 g/mol. The highest BCUT2D eigenvalue weighted by molar-refractivity contribution is 5.15. The Balaban J connectivity index is 1.41. The highest BCUT2D eigenvalue weighted by Gasteiger charge is 2.20. The molecule has 1 saturated heterocycles. The van der Waals surface area contributed by atoms with Gasteiger partial charge >= 0.3 is 0 Å². The van der Waals surface area contributed by atoms with Crippen molar-refractivity contribution in [3.63, 3.8) is 0 Å². The fourth-order valence-corrected chi connectivity index (χ4v) is 3.58. The first-order valence-electron chi connectivity index (χ1n) is 8.40. The minimum Gasteiger partial charge on any atom is -0.332 e. The van der Waals surface area contributed by atoms with E-state index < -0.39 is 0 Å². The van der Waals surface area contributed by atoms with Gasteiger partial charge in [-0.25, -0.2) is 4.98 Å². The Bertz CT molecular complexity index is 613. The van der Waals surface area contributed by atoms with Crippen LogP contribution in [0.4, 0.5) is 0 Å². The molecular formula is C18H24N4. The third-order valence-electron chi connectivity index (χ3n) is 4.76. The minimum atomic E-state index is 0.967. The number of hydrogen-bond acceptors (Lipinski definition) is 3. The lowest BCUT2D eigenvalue weighted by atomic mass is 10.2. The smallest absolute Gasteiger partial charge is 0.123 e. The van der Waals surface area contributed by atoms with Gasteiger partial charge in [0.15, 0.2) is 0 Å². The molecule has 1 aromatic heterocycles. The molecule has 3 heterocycles. The van der Waals surface area contributed by atoms with Gasteiger partial charge in [0.05, 0.1) is 12.2 Å². The Morgan fingerprint density at radius 1 is 0.864 bits per heavy atom. The summed E-state index contributed by atoms with van der Waals surface area (Å²) in [7, 11) is 0. The van der Waals surface area contributed by atoms with Crippen LogP contribution >= 0.6 is 0 Å². The number of benzene rings is 1.